The van der Waals surface area contributed by atoms with Gasteiger partial charge in [0.1, 0.15) is 35.6 Å². The molecule has 4 aromatic rings. The number of carboxylic acids is 1. The number of anilines is 2. The van der Waals surface area contributed by atoms with Crippen molar-refractivity contribution in [2.75, 3.05) is 49.5 Å². The van der Waals surface area contributed by atoms with Gasteiger partial charge in [0.05, 0.1) is 28.9 Å². The summed E-state index contributed by atoms with van der Waals surface area (Å²) in [5, 5.41) is 12.9. The number of carboxylic acid groups (broad SMARTS) is 1. The van der Waals surface area contributed by atoms with Crippen molar-refractivity contribution < 1.29 is 27.8 Å². The summed E-state index contributed by atoms with van der Waals surface area (Å²) in [7, 11) is 0. The third kappa shape index (κ3) is 6.54. The van der Waals surface area contributed by atoms with Crippen molar-refractivity contribution in [2.45, 2.75) is 26.3 Å². The fourth-order valence-electron chi connectivity index (χ4n) is 4.96. The molecule has 3 heterocycles. The van der Waals surface area contributed by atoms with E-state index in [2.05, 4.69) is 30.1 Å². The van der Waals surface area contributed by atoms with Crippen molar-refractivity contribution >= 4 is 28.5 Å². The highest BCUT2D eigenvalue weighted by Gasteiger charge is 2.22. The average Bonchev–Trinajstić information content (AvgIpc) is 2.97. The van der Waals surface area contributed by atoms with Gasteiger partial charge in [0.2, 0.25) is 0 Å². The van der Waals surface area contributed by atoms with Crippen molar-refractivity contribution in [1.29, 1.82) is 0 Å². The Balaban J connectivity index is 1.23. The molecule has 1 aliphatic heterocycles. The van der Waals surface area contributed by atoms with Crippen molar-refractivity contribution in [1.82, 2.24) is 19.9 Å². The minimum absolute atomic E-state index is 0.129. The number of aryl methyl sites for hydroxylation is 1. The third-order valence-corrected chi connectivity index (χ3v) is 7.27. The zero-order valence-electron chi connectivity index (χ0n) is 23.2. The van der Waals surface area contributed by atoms with Crippen LogP contribution in [0.15, 0.2) is 54.7 Å². The lowest BCUT2D eigenvalue weighted by Gasteiger charge is -2.35. The minimum Gasteiger partial charge on any atom is -0.492 e. The fraction of sp³-hybridized carbons (Fsp3) is 0.333. The number of aromatic carboxylic acids is 1. The Kier molecular flexibility index (Phi) is 8.72. The van der Waals surface area contributed by atoms with Gasteiger partial charge in [-0.15, -0.1) is 0 Å². The van der Waals surface area contributed by atoms with E-state index in [4.69, 9.17) is 9.84 Å². The van der Waals surface area contributed by atoms with Crippen molar-refractivity contribution in [3.05, 3.63) is 83.1 Å². The van der Waals surface area contributed by atoms with Crippen LogP contribution in [0.2, 0.25) is 0 Å². The highest BCUT2D eigenvalue weighted by atomic mass is 19.3. The second-order valence-corrected chi connectivity index (χ2v) is 10.1. The van der Waals surface area contributed by atoms with Gasteiger partial charge in [-0.3, -0.25) is 4.90 Å². The van der Waals surface area contributed by atoms with Crippen LogP contribution in [0.5, 0.6) is 5.75 Å². The SMILES string of the molecule is Cc1nc(NC(C)c2cccc(C(F)F)c2F)c2cc(N3CCN(CCOc4ccc(C(=O)O)cc4)CC3)ncc2n1. The number of nitrogens with one attached hydrogen (secondary N) is 1. The average molecular weight is 581 g/mol. The van der Waals surface area contributed by atoms with Crippen LogP contribution in [0.3, 0.4) is 0 Å². The lowest BCUT2D eigenvalue weighted by atomic mass is 10.0. The zero-order valence-corrected chi connectivity index (χ0v) is 23.2. The molecule has 0 saturated carbocycles. The fourth-order valence-corrected chi connectivity index (χ4v) is 4.96. The number of ether oxygens (including phenoxy) is 1. The number of piperazine rings is 1. The van der Waals surface area contributed by atoms with E-state index in [1.807, 2.05) is 6.07 Å². The molecule has 2 aromatic carbocycles. The molecular formula is C30H31F3N6O3. The van der Waals surface area contributed by atoms with Gasteiger partial charge in [-0.05, 0) is 44.2 Å². The summed E-state index contributed by atoms with van der Waals surface area (Å²) in [6.07, 6.45) is -1.22. The molecule has 0 radical (unpaired) electrons. The number of hydrogen-bond donors (Lipinski definition) is 2. The summed E-state index contributed by atoms with van der Waals surface area (Å²) in [5.74, 6) is 0.457. The Hall–Kier alpha value is -4.45. The molecule has 0 spiro atoms. The molecule has 0 amide bonds. The molecule has 5 rings (SSSR count). The lowest BCUT2D eigenvalue weighted by Crippen LogP contribution is -2.47. The second kappa shape index (κ2) is 12.6. The number of fused-ring (bicyclic) bond motifs is 1. The molecule has 0 bridgehead atoms. The number of carbonyl (C=O) groups is 1. The van der Waals surface area contributed by atoms with Crippen LogP contribution in [0.1, 0.15) is 46.7 Å². The van der Waals surface area contributed by atoms with Gasteiger partial charge in [0.25, 0.3) is 6.43 Å². The van der Waals surface area contributed by atoms with E-state index < -0.39 is 29.8 Å². The molecule has 12 heteroatoms. The number of rotatable bonds is 10. The van der Waals surface area contributed by atoms with Crippen LogP contribution in [0.25, 0.3) is 10.9 Å². The number of aromatic nitrogens is 3. The van der Waals surface area contributed by atoms with Crippen LogP contribution in [-0.4, -0.2) is 70.3 Å². The van der Waals surface area contributed by atoms with Crippen molar-refractivity contribution in [3.63, 3.8) is 0 Å². The highest BCUT2D eigenvalue weighted by Crippen LogP contribution is 2.31. The number of hydrogen-bond acceptors (Lipinski definition) is 8. The summed E-state index contributed by atoms with van der Waals surface area (Å²) in [5.41, 5.74) is 0.337. The van der Waals surface area contributed by atoms with E-state index in [0.717, 1.165) is 44.6 Å². The maximum absolute atomic E-state index is 14.8. The van der Waals surface area contributed by atoms with E-state index in [9.17, 15) is 18.0 Å². The first-order valence-electron chi connectivity index (χ1n) is 13.6. The summed E-state index contributed by atoms with van der Waals surface area (Å²) in [6, 6.07) is 11.6. The van der Waals surface area contributed by atoms with Gasteiger partial charge in [-0.2, -0.15) is 0 Å². The first kappa shape index (κ1) is 29.1. The molecule has 1 fully saturated rings. The Morgan fingerprint density at radius 1 is 1.07 bits per heavy atom. The molecule has 9 nitrogen and oxygen atoms in total. The first-order valence-corrected chi connectivity index (χ1v) is 13.6. The van der Waals surface area contributed by atoms with E-state index in [1.165, 1.54) is 24.3 Å². The van der Waals surface area contributed by atoms with Crippen LogP contribution >= 0.6 is 0 Å². The molecule has 1 aliphatic rings. The monoisotopic (exact) mass is 580 g/mol. The Labute approximate surface area is 241 Å². The molecule has 220 valence electrons. The molecule has 0 aliphatic carbocycles. The maximum Gasteiger partial charge on any atom is 0.335 e. The van der Waals surface area contributed by atoms with Gasteiger partial charge in [-0.25, -0.2) is 32.9 Å². The van der Waals surface area contributed by atoms with Crippen LogP contribution in [0, 0.1) is 12.7 Å². The van der Waals surface area contributed by atoms with E-state index in [0.29, 0.717) is 34.9 Å². The van der Waals surface area contributed by atoms with E-state index >= 15 is 0 Å². The summed E-state index contributed by atoms with van der Waals surface area (Å²) in [4.78, 5) is 29.1. The number of pyridine rings is 1. The minimum atomic E-state index is -2.90. The molecule has 1 atom stereocenters. The Morgan fingerprint density at radius 3 is 2.48 bits per heavy atom. The predicted octanol–water partition coefficient (Wildman–Crippen LogP) is 5.48. The van der Waals surface area contributed by atoms with E-state index in [1.54, 1.807) is 32.2 Å². The molecule has 1 saturated heterocycles. The largest absolute Gasteiger partial charge is 0.492 e. The summed E-state index contributed by atoms with van der Waals surface area (Å²) < 4.78 is 47.1. The molecule has 42 heavy (non-hydrogen) atoms. The molecule has 2 N–H and O–H groups in total. The standard InChI is InChI=1S/C30H31F3N6O3/c1-18(22-4-3-5-23(27(22)31)28(32)33)35-29-24-16-26(34-17-25(24)36-19(2)37-29)39-12-10-38(11-13-39)14-15-42-21-8-6-20(7-9-21)30(40)41/h3-9,16-18,28H,10-15H2,1-2H3,(H,40,41)(H,35,36,37). The normalized spacial score (nSPS) is 14.8. The molecular weight excluding hydrogens is 549 g/mol. The summed E-state index contributed by atoms with van der Waals surface area (Å²) in [6.45, 7) is 7.73. The van der Waals surface area contributed by atoms with Crippen LogP contribution in [0.4, 0.5) is 24.8 Å². The van der Waals surface area contributed by atoms with Crippen LogP contribution < -0.4 is 15.0 Å². The number of halogens is 3. The second-order valence-electron chi connectivity index (χ2n) is 10.1. The third-order valence-electron chi connectivity index (χ3n) is 7.27. The topological polar surface area (TPSA) is 104 Å². The van der Waals surface area contributed by atoms with Crippen molar-refractivity contribution in [3.8, 4) is 5.75 Å². The lowest BCUT2D eigenvalue weighted by molar-refractivity contribution is 0.0696. The quantitative estimate of drug-likeness (QED) is 0.252. The zero-order chi connectivity index (χ0) is 29.8. The molecule has 2 aromatic heterocycles. The van der Waals surface area contributed by atoms with Crippen LogP contribution in [-0.2, 0) is 0 Å². The van der Waals surface area contributed by atoms with Crippen molar-refractivity contribution in [2.24, 2.45) is 0 Å². The van der Waals surface area contributed by atoms with Gasteiger partial charge in [0, 0.05) is 43.7 Å². The maximum atomic E-state index is 14.8. The Morgan fingerprint density at radius 2 is 1.79 bits per heavy atom. The smallest absolute Gasteiger partial charge is 0.335 e. The predicted molar refractivity (Wildman–Crippen MR) is 153 cm³/mol. The number of nitrogens with zero attached hydrogens (tertiary/aromatic N) is 5. The molecule has 1 unspecified atom stereocenters. The van der Waals surface area contributed by atoms with Gasteiger partial charge >= 0.3 is 5.97 Å². The number of alkyl halides is 2. The summed E-state index contributed by atoms with van der Waals surface area (Å²) >= 11 is 0. The van der Waals surface area contributed by atoms with Gasteiger partial charge in [0.15, 0.2) is 0 Å². The number of benzene rings is 2. The Bertz CT molecular complexity index is 1560. The highest BCUT2D eigenvalue weighted by molar-refractivity contribution is 5.90. The van der Waals surface area contributed by atoms with E-state index in [-0.39, 0.29) is 11.1 Å². The van der Waals surface area contributed by atoms with Gasteiger partial charge in [-0.1, -0.05) is 18.2 Å². The van der Waals surface area contributed by atoms with Gasteiger partial charge < -0.3 is 20.1 Å². The first-order chi connectivity index (χ1) is 20.2.